The number of thioether (sulfide) groups is 1. The third-order valence-corrected chi connectivity index (χ3v) is 6.00. The molecule has 1 amide bonds. The van der Waals surface area contributed by atoms with Crippen molar-refractivity contribution in [3.63, 3.8) is 0 Å². The number of carbonyl (C=O) groups excluding carboxylic acids is 1. The first-order valence-electron chi connectivity index (χ1n) is 8.46. The van der Waals surface area contributed by atoms with Crippen molar-refractivity contribution in [3.05, 3.63) is 81.5 Å². The van der Waals surface area contributed by atoms with Gasteiger partial charge in [-0.2, -0.15) is 5.10 Å². The van der Waals surface area contributed by atoms with E-state index in [9.17, 15) is 9.90 Å². The number of rotatable bonds is 3. The Kier molecular flexibility index (Phi) is 5.46. The van der Waals surface area contributed by atoms with Crippen LogP contribution in [0, 0.1) is 0 Å². The van der Waals surface area contributed by atoms with Crippen molar-refractivity contribution in [2.75, 3.05) is 6.67 Å². The molecule has 0 aliphatic carbocycles. The van der Waals surface area contributed by atoms with E-state index in [0.717, 1.165) is 15.5 Å². The topological polar surface area (TPSA) is 64.9 Å². The van der Waals surface area contributed by atoms with E-state index in [2.05, 4.69) is 10.4 Å². The number of hydrogen-bond donors (Lipinski definition) is 2. The molecule has 0 radical (unpaired) electrons. The number of aliphatic hydroxyl groups is 1. The maximum Gasteiger partial charge on any atom is 0.255 e. The minimum Gasteiger partial charge on any atom is -0.392 e. The molecule has 2 heterocycles. The van der Waals surface area contributed by atoms with Crippen LogP contribution in [0.3, 0.4) is 0 Å². The molecule has 2 aromatic carbocycles. The molecule has 2 aliphatic rings. The molecule has 0 saturated heterocycles. The Bertz CT molecular complexity index is 1030. The predicted molar refractivity (Wildman–Crippen MR) is 113 cm³/mol. The SMILES string of the molecule is O=C1NCN2N=C(Sc3ccccc3CO)C=CC2=C1c1c(Cl)cccc1Cl. The van der Waals surface area contributed by atoms with Crippen LogP contribution < -0.4 is 5.32 Å². The van der Waals surface area contributed by atoms with Gasteiger partial charge in [-0.15, -0.1) is 0 Å². The maximum atomic E-state index is 12.6. The second-order valence-corrected chi connectivity index (χ2v) is 7.94. The van der Waals surface area contributed by atoms with Crippen molar-refractivity contribution in [2.24, 2.45) is 5.10 Å². The van der Waals surface area contributed by atoms with Crippen molar-refractivity contribution in [2.45, 2.75) is 11.5 Å². The van der Waals surface area contributed by atoms with Crippen LogP contribution >= 0.6 is 35.0 Å². The Morgan fingerprint density at radius 2 is 1.86 bits per heavy atom. The first kappa shape index (κ1) is 19.1. The van der Waals surface area contributed by atoms with Gasteiger partial charge in [-0.1, -0.05) is 59.2 Å². The lowest BCUT2D eigenvalue weighted by atomic mass is 10.0. The molecule has 28 heavy (non-hydrogen) atoms. The lowest BCUT2D eigenvalue weighted by molar-refractivity contribution is -0.116. The summed E-state index contributed by atoms with van der Waals surface area (Å²) in [5, 5.41) is 20.2. The number of nitrogens with zero attached hydrogens (tertiary/aromatic N) is 2. The summed E-state index contributed by atoms with van der Waals surface area (Å²) in [5.41, 5.74) is 2.35. The molecule has 8 heteroatoms. The number of aliphatic hydroxyl groups excluding tert-OH is 1. The highest BCUT2D eigenvalue weighted by atomic mass is 35.5. The molecule has 2 N–H and O–H groups in total. The minimum atomic E-state index is -0.247. The molecule has 0 saturated carbocycles. The highest BCUT2D eigenvalue weighted by Crippen LogP contribution is 2.37. The number of hydrazone groups is 1. The average molecular weight is 432 g/mol. The van der Waals surface area contributed by atoms with E-state index in [4.69, 9.17) is 23.2 Å². The van der Waals surface area contributed by atoms with Gasteiger partial charge in [0.1, 0.15) is 11.7 Å². The van der Waals surface area contributed by atoms with E-state index >= 15 is 0 Å². The fourth-order valence-corrected chi connectivity index (χ4v) is 4.50. The van der Waals surface area contributed by atoms with Crippen LogP contribution in [-0.4, -0.2) is 27.7 Å². The van der Waals surface area contributed by atoms with Crippen LogP contribution in [0.15, 0.2) is 70.3 Å². The van der Waals surface area contributed by atoms with Gasteiger partial charge in [0.25, 0.3) is 5.91 Å². The molecule has 0 fully saturated rings. The number of hydrogen-bond acceptors (Lipinski definition) is 5. The first-order chi connectivity index (χ1) is 13.6. The fraction of sp³-hybridized carbons (Fsp3) is 0.100. The monoisotopic (exact) mass is 431 g/mol. The van der Waals surface area contributed by atoms with E-state index in [0.29, 0.717) is 26.9 Å². The van der Waals surface area contributed by atoms with E-state index < -0.39 is 0 Å². The third-order valence-electron chi connectivity index (χ3n) is 4.32. The van der Waals surface area contributed by atoms with Crippen LogP contribution in [0.2, 0.25) is 10.0 Å². The summed E-state index contributed by atoms with van der Waals surface area (Å²) in [5.74, 6) is -0.247. The Morgan fingerprint density at radius 1 is 1.11 bits per heavy atom. The molecule has 0 unspecified atom stereocenters. The van der Waals surface area contributed by atoms with Gasteiger partial charge in [0.05, 0.1) is 27.9 Å². The molecule has 5 nitrogen and oxygen atoms in total. The van der Waals surface area contributed by atoms with Crippen molar-refractivity contribution >= 4 is 51.5 Å². The zero-order valence-corrected chi connectivity index (χ0v) is 16.9. The first-order valence-corrected chi connectivity index (χ1v) is 10.0. The fourth-order valence-electron chi connectivity index (χ4n) is 3.01. The Labute approximate surface area is 176 Å². The molecule has 0 atom stereocenters. The quantitative estimate of drug-likeness (QED) is 0.761. The number of carbonyl (C=O) groups is 1. The van der Waals surface area contributed by atoms with Gasteiger partial charge >= 0.3 is 0 Å². The van der Waals surface area contributed by atoms with Crippen molar-refractivity contribution < 1.29 is 9.90 Å². The standard InChI is InChI=1S/C20H15Cl2N3O2S/c21-13-5-3-6-14(22)18(13)19-15-8-9-17(24-25(15)11-23-20(19)27)28-16-7-2-1-4-12(16)10-26/h1-9,26H,10-11H2,(H,23,27). The summed E-state index contributed by atoms with van der Waals surface area (Å²) in [6.07, 6.45) is 3.68. The summed E-state index contributed by atoms with van der Waals surface area (Å²) in [7, 11) is 0. The molecule has 0 bridgehead atoms. The number of amides is 1. The molecule has 2 aliphatic heterocycles. The zero-order valence-electron chi connectivity index (χ0n) is 14.5. The highest BCUT2D eigenvalue weighted by molar-refractivity contribution is 8.14. The lowest BCUT2D eigenvalue weighted by Crippen LogP contribution is -2.42. The van der Waals surface area contributed by atoms with Crippen molar-refractivity contribution in [1.82, 2.24) is 10.3 Å². The van der Waals surface area contributed by atoms with Crippen LogP contribution in [0.5, 0.6) is 0 Å². The molecule has 0 aromatic heterocycles. The summed E-state index contributed by atoms with van der Waals surface area (Å²) in [6, 6.07) is 12.7. The minimum absolute atomic E-state index is 0.0414. The van der Waals surface area contributed by atoms with E-state index in [-0.39, 0.29) is 19.2 Å². The Hall–Kier alpha value is -2.25. The van der Waals surface area contributed by atoms with Gasteiger partial charge in [0, 0.05) is 10.5 Å². The van der Waals surface area contributed by atoms with Gasteiger partial charge in [0.15, 0.2) is 0 Å². The van der Waals surface area contributed by atoms with Gasteiger partial charge in [-0.25, -0.2) is 5.01 Å². The number of allylic oxidation sites excluding steroid dienone is 1. The van der Waals surface area contributed by atoms with Crippen molar-refractivity contribution in [3.8, 4) is 0 Å². The second kappa shape index (κ2) is 8.01. The number of fused-ring (bicyclic) bond motifs is 1. The van der Waals surface area contributed by atoms with Gasteiger partial charge < -0.3 is 10.4 Å². The van der Waals surface area contributed by atoms with Crippen molar-refractivity contribution in [1.29, 1.82) is 0 Å². The predicted octanol–water partition coefficient (Wildman–Crippen LogP) is 4.26. The molecular formula is C20H15Cl2N3O2S. The van der Waals surface area contributed by atoms with E-state index in [1.807, 2.05) is 36.4 Å². The summed E-state index contributed by atoms with van der Waals surface area (Å²) >= 11 is 14.1. The van der Waals surface area contributed by atoms with Gasteiger partial charge in [0.2, 0.25) is 0 Å². The number of benzene rings is 2. The van der Waals surface area contributed by atoms with Gasteiger partial charge in [-0.05, 0) is 35.9 Å². The average Bonchev–Trinajstić information content (AvgIpc) is 2.70. The molecular weight excluding hydrogens is 417 g/mol. The number of halogens is 2. The smallest absolute Gasteiger partial charge is 0.255 e. The molecule has 142 valence electrons. The largest absolute Gasteiger partial charge is 0.392 e. The lowest BCUT2D eigenvalue weighted by Gasteiger charge is -2.31. The molecule has 4 rings (SSSR count). The van der Waals surface area contributed by atoms with Crippen LogP contribution in [0.4, 0.5) is 0 Å². The summed E-state index contributed by atoms with van der Waals surface area (Å²) in [6.45, 7) is 0.204. The van der Waals surface area contributed by atoms with Gasteiger partial charge in [-0.3, -0.25) is 4.79 Å². The van der Waals surface area contributed by atoms with E-state index in [1.54, 1.807) is 23.2 Å². The zero-order chi connectivity index (χ0) is 19.7. The normalized spacial score (nSPS) is 16.0. The Morgan fingerprint density at radius 3 is 2.61 bits per heavy atom. The summed E-state index contributed by atoms with van der Waals surface area (Å²) < 4.78 is 0. The molecule has 0 spiro atoms. The van der Waals surface area contributed by atoms with Crippen LogP contribution in [0.1, 0.15) is 11.1 Å². The van der Waals surface area contributed by atoms with E-state index in [1.165, 1.54) is 11.8 Å². The Balaban J connectivity index is 1.72. The van der Waals surface area contributed by atoms with Crippen LogP contribution in [0.25, 0.3) is 5.57 Å². The highest BCUT2D eigenvalue weighted by Gasteiger charge is 2.30. The number of nitrogens with one attached hydrogen (secondary N) is 1. The second-order valence-electron chi connectivity index (χ2n) is 6.06. The third kappa shape index (κ3) is 3.56. The summed E-state index contributed by atoms with van der Waals surface area (Å²) in [4.78, 5) is 13.5. The van der Waals surface area contributed by atoms with Crippen LogP contribution in [-0.2, 0) is 11.4 Å². The maximum absolute atomic E-state index is 12.6. The molecule has 2 aromatic rings.